The summed E-state index contributed by atoms with van der Waals surface area (Å²) in [5.41, 5.74) is 2.11. The van der Waals surface area contributed by atoms with Crippen LogP contribution in [0.5, 0.6) is 0 Å². The second kappa shape index (κ2) is 11.5. The molecule has 0 saturated carbocycles. The molecule has 2 amide bonds. The summed E-state index contributed by atoms with van der Waals surface area (Å²) < 4.78 is 14.0. The number of hydrogen-bond donors (Lipinski definition) is 1. The number of unbranched alkanes of at least 4 members (excludes halogenated alkanes) is 1. The van der Waals surface area contributed by atoms with Crippen LogP contribution in [-0.4, -0.2) is 34.8 Å². The van der Waals surface area contributed by atoms with Gasteiger partial charge in [-0.15, -0.1) is 11.3 Å². The van der Waals surface area contributed by atoms with E-state index in [9.17, 15) is 14.0 Å². The fourth-order valence-electron chi connectivity index (χ4n) is 3.93. The van der Waals surface area contributed by atoms with Gasteiger partial charge in [-0.2, -0.15) is 0 Å². The smallest absolute Gasteiger partial charge is 0.298 e. The van der Waals surface area contributed by atoms with Gasteiger partial charge in [-0.25, -0.2) is 9.37 Å². The number of piperidine rings is 1. The zero-order valence-corrected chi connectivity index (χ0v) is 20.9. The summed E-state index contributed by atoms with van der Waals surface area (Å²) >= 11 is 7.42. The Bertz CT molecular complexity index is 1270. The van der Waals surface area contributed by atoms with Crippen molar-refractivity contribution in [1.29, 1.82) is 0 Å². The maximum Gasteiger partial charge on any atom is 0.298 e. The van der Waals surface area contributed by atoms with E-state index in [4.69, 9.17) is 11.6 Å². The van der Waals surface area contributed by atoms with Crippen molar-refractivity contribution in [2.75, 3.05) is 18.4 Å². The molecule has 180 valence electrons. The Morgan fingerprint density at radius 2 is 1.94 bits per heavy atom. The highest BCUT2D eigenvalue weighted by atomic mass is 35.5. The number of carbonyl (C=O) groups is 2. The molecule has 1 aliphatic heterocycles. The van der Waals surface area contributed by atoms with E-state index in [0.29, 0.717) is 35.1 Å². The van der Waals surface area contributed by atoms with Crippen LogP contribution in [0, 0.1) is 17.7 Å². The second-order valence-electron chi connectivity index (χ2n) is 8.34. The molecule has 1 N–H and O–H groups in total. The summed E-state index contributed by atoms with van der Waals surface area (Å²) in [4.78, 5) is 31.5. The van der Waals surface area contributed by atoms with Crippen molar-refractivity contribution in [3.05, 3.63) is 69.4 Å². The lowest BCUT2D eigenvalue weighted by Gasteiger charge is -2.29. The van der Waals surface area contributed by atoms with E-state index in [0.717, 1.165) is 36.3 Å². The number of carbonyl (C=O) groups excluding carboxylic acids is 2. The van der Waals surface area contributed by atoms with Gasteiger partial charge in [0.25, 0.3) is 11.8 Å². The molecule has 0 bridgehead atoms. The molecule has 0 aliphatic carbocycles. The minimum absolute atomic E-state index is 0.119. The average molecular weight is 510 g/mol. The number of nitrogens with one attached hydrogen (secondary N) is 1. The van der Waals surface area contributed by atoms with Crippen LogP contribution >= 0.6 is 22.9 Å². The van der Waals surface area contributed by atoms with E-state index in [1.165, 1.54) is 23.5 Å². The molecule has 35 heavy (non-hydrogen) atoms. The van der Waals surface area contributed by atoms with E-state index in [1.807, 2.05) is 6.92 Å². The molecule has 4 rings (SSSR count). The first kappa shape index (κ1) is 24.9. The van der Waals surface area contributed by atoms with Gasteiger partial charge in [-0.05, 0) is 61.1 Å². The Labute approximate surface area is 213 Å². The van der Waals surface area contributed by atoms with Gasteiger partial charge in [0.05, 0.1) is 5.01 Å². The molecule has 2 heterocycles. The standard InChI is InChI=1S/C27H25ClFN3O2S/c1-2-3-4-5-25(33)32-14-12-19(13-15-32)27-31-24(17-35-27)26(34)30-23-11-10-21(29)16-22(23)18-6-8-20(28)9-7-18/h6-11,16-17,19H,2-3,12-15H2,1H3,(H,30,34). The molecule has 1 saturated heterocycles. The van der Waals surface area contributed by atoms with Gasteiger partial charge < -0.3 is 10.2 Å². The second-order valence-corrected chi connectivity index (χ2v) is 9.67. The lowest BCUT2D eigenvalue weighted by atomic mass is 9.97. The number of likely N-dealkylation sites (tertiary alicyclic amines) is 1. The van der Waals surface area contributed by atoms with Crippen LogP contribution in [0.4, 0.5) is 10.1 Å². The summed E-state index contributed by atoms with van der Waals surface area (Å²) in [6.45, 7) is 3.29. The fourth-order valence-corrected chi connectivity index (χ4v) is 5.03. The molecule has 1 aliphatic rings. The lowest BCUT2D eigenvalue weighted by Crippen LogP contribution is -2.37. The molecule has 0 spiro atoms. The van der Waals surface area contributed by atoms with Gasteiger partial charge >= 0.3 is 0 Å². The Morgan fingerprint density at radius 1 is 1.20 bits per heavy atom. The van der Waals surface area contributed by atoms with Crippen molar-refractivity contribution in [3.8, 4) is 23.0 Å². The zero-order chi connectivity index (χ0) is 24.8. The van der Waals surface area contributed by atoms with E-state index < -0.39 is 5.82 Å². The molecule has 0 unspecified atom stereocenters. The number of benzene rings is 2. The number of halogens is 2. The first-order valence-corrected chi connectivity index (χ1v) is 12.8. The summed E-state index contributed by atoms with van der Waals surface area (Å²) in [5, 5.41) is 6.07. The Morgan fingerprint density at radius 3 is 2.66 bits per heavy atom. The molecule has 0 radical (unpaired) electrons. The first-order valence-electron chi connectivity index (χ1n) is 11.5. The third kappa shape index (κ3) is 6.27. The Kier molecular flexibility index (Phi) is 8.17. The highest BCUT2D eigenvalue weighted by Crippen LogP contribution is 2.32. The number of hydrogen-bond acceptors (Lipinski definition) is 4. The van der Waals surface area contributed by atoms with Crippen molar-refractivity contribution >= 4 is 40.4 Å². The number of amides is 2. The molecular weight excluding hydrogens is 485 g/mol. The molecular formula is C27H25ClFN3O2S. The highest BCUT2D eigenvalue weighted by Gasteiger charge is 2.26. The van der Waals surface area contributed by atoms with Crippen molar-refractivity contribution in [3.63, 3.8) is 0 Å². The molecule has 3 aromatic rings. The summed E-state index contributed by atoms with van der Waals surface area (Å²) in [5.74, 6) is 4.95. The van der Waals surface area contributed by atoms with Gasteiger partial charge in [0.2, 0.25) is 0 Å². The van der Waals surface area contributed by atoms with Crippen LogP contribution < -0.4 is 5.32 Å². The zero-order valence-electron chi connectivity index (χ0n) is 19.3. The average Bonchev–Trinajstić information content (AvgIpc) is 3.36. The van der Waals surface area contributed by atoms with Crippen LogP contribution in [0.15, 0.2) is 47.8 Å². The number of anilines is 1. The molecule has 0 atom stereocenters. The summed E-state index contributed by atoms with van der Waals surface area (Å²) in [6.07, 6.45) is 3.24. The lowest BCUT2D eigenvalue weighted by molar-refractivity contribution is -0.126. The molecule has 1 fully saturated rings. The van der Waals surface area contributed by atoms with Crippen LogP contribution in [0.3, 0.4) is 0 Å². The normalized spacial score (nSPS) is 13.7. The molecule has 2 aromatic carbocycles. The Balaban J connectivity index is 1.42. The van der Waals surface area contributed by atoms with Gasteiger partial charge in [-0.1, -0.05) is 36.6 Å². The quantitative estimate of drug-likeness (QED) is 0.407. The maximum atomic E-state index is 14.0. The van der Waals surface area contributed by atoms with Crippen LogP contribution in [0.1, 0.15) is 54.0 Å². The third-order valence-electron chi connectivity index (χ3n) is 5.84. The van der Waals surface area contributed by atoms with Crippen LogP contribution in [-0.2, 0) is 4.79 Å². The summed E-state index contributed by atoms with van der Waals surface area (Å²) in [6, 6.07) is 11.2. The van der Waals surface area contributed by atoms with Gasteiger partial charge in [0.15, 0.2) is 0 Å². The molecule has 8 heteroatoms. The highest BCUT2D eigenvalue weighted by molar-refractivity contribution is 7.10. The molecule has 1 aromatic heterocycles. The predicted molar refractivity (Wildman–Crippen MR) is 138 cm³/mol. The van der Waals surface area contributed by atoms with Crippen molar-refractivity contribution in [2.45, 2.75) is 38.5 Å². The number of thiazole rings is 1. The van der Waals surface area contributed by atoms with E-state index in [-0.39, 0.29) is 17.7 Å². The fraction of sp³-hybridized carbons (Fsp3) is 0.296. The number of rotatable bonds is 5. The first-order chi connectivity index (χ1) is 16.9. The topological polar surface area (TPSA) is 62.3 Å². The minimum atomic E-state index is -0.398. The number of nitrogens with zero attached hydrogens (tertiary/aromatic N) is 2. The largest absolute Gasteiger partial charge is 0.332 e. The monoisotopic (exact) mass is 509 g/mol. The van der Waals surface area contributed by atoms with Crippen molar-refractivity contribution in [1.82, 2.24) is 9.88 Å². The van der Waals surface area contributed by atoms with E-state index in [2.05, 4.69) is 22.1 Å². The third-order valence-corrected chi connectivity index (χ3v) is 7.10. The SMILES string of the molecule is CCCC#CC(=O)N1CCC(c2nc(C(=O)Nc3ccc(F)cc3-c3ccc(Cl)cc3)cs2)CC1. The minimum Gasteiger partial charge on any atom is -0.332 e. The van der Waals surface area contributed by atoms with Crippen molar-refractivity contribution in [2.24, 2.45) is 0 Å². The number of aromatic nitrogens is 1. The predicted octanol–water partition coefficient (Wildman–Crippen LogP) is 6.36. The van der Waals surface area contributed by atoms with Crippen LogP contribution in [0.2, 0.25) is 5.02 Å². The van der Waals surface area contributed by atoms with E-state index >= 15 is 0 Å². The molecule has 5 nitrogen and oxygen atoms in total. The summed E-state index contributed by atoms with van der Waals surface area (Å²) in [7, 11) is 0. The van der Waals surface area contributed by atoms with Crippen molar-refractivity contribution < 1.29 is 14.0 Å². The van der Waals surface area contributed by atoms with E-state index in [1.54, 1.807) is 40.6 Å². The van der Waals surface area contributed by atoms with Gasteiger partial charge in [0, 0.05) is 47.1 Å². The van der Waals surface area contributed by atoms with Crippen LogP contribution in [0.25, 0.3) is 11.1 Å². The van der Waals surface area contributed by atoms with Gasteiger partial charge in [0.1, 0.15) is 11.5 Å². The Hall–Kier alpha value is -3.21. The maximum absolute atomic E-state index is 14.0. The van der Waals surface area contributed by atoms with Gasteiger partial charge in [-0.3, -0.25) is 9.59 Å².